The van der Waals surface area contributed by atoms with E-state index in [4.69, 9.17) is 0 Å². The van der Waals surface area contributed by atoms with E-state index in [1.165, 1.54) is 16.8 Å². The summed E-state index contributed by atoms with van der Waals surface area (Å²) in [5.41, 5.74) is 4.97. The Kier molecular flexibility index (Phi) is 6.14. The van der Waals surface area contributed by atoms with Gasteiger partial charge in [0.2, 0.25) is 0 Å². The molecule has 0 radical (unpaired) electrons. The second-order valence-electron chi connectivity index (χ2n) is 9.18. The van der Waals surface area contributed by atoms with Gasteiger partial charge in [-0.2, -0.15) is 0 Å². The van der Waals surface area contributed by atoms with Gasteiger partial charge in [-0.15, -0.1) is 0 Å². The molecule has 0 bridgehead atoms. The lowest BCUT2D eigenvalue weighted by molar-refractivity contribution is 0.0695. The number of fused-ring (bicyclic) bond motifs is 1. The maximum Gasteiger partial charge on any atom is 0.338 e. The Labute approximate surface area is 204 Å². The fourth-order valence-electron chi connectivity index (χ4n) is 4.93. The number of rotatable bonds is 5. The van der Waals surface area contributed by atoms with Crippen LogP contribution in [0.25, 0.3) is 16.5 Å². The van der Waals surface area contributed by atoms with Gasteiger partial charge in [0, 0.05) is 54.9 Å². The van der Waals surface area contributed by atoms with Crippen molar-refractivity contribution in [3.05, 3.63) is 106 Å². The second-order valence-corrected chi connectivity index (χ2v) is 9.18. The summed E-state index contributed by atoms with van der Waals surface area (Å²) in [7, 11) is 0. The van der Waals surface area contributed by atoms with E-state index in [2.05, 4.69) is 41.8 Å². The molecule has 1 aliphatic heterocycles. The van der Waals surface area contributed by atoms with E-state index in [0.717, 1.165) is 26.2 Å². The highest BCUT2D eigenvalue weighted by molar-refractivity contribution is 6.04. The minimum atomic E-state index is -1.02. The first kappa shape index (κ1) is 22.9. The highest BCUT2D eigenvalue weighted by Gasteiger charge is 2.25. The monoisotopic (exact) mass is 467 g/mol. The molecule has 178 valence electrons. The maximum absolute atomic E-state index is 13.6. The minimum absolute atomic E-state index is 0.194. The van der Waals surface area contributed by atoms with Crippen molar-refractivity contribution in [2.24, 2.45) is 0 Å². The van der Waals surface area contributed by atoms with Gasteiger partial charge in [-0.05, 0) is 55.3 Å². The van der Waals surface area contributed by atoms with E-state index in [1.807, 2.05) is 30.3 Å². The fraction of sp³-hybridized carbons (Fsp3) is 0.241. The first-order chi connectivity index (χ1) is 16.9. The number of carbonyl (C=O) groups is 1. The first-order valence-corrected chi connectivity index (χ1v) is 11.9. The van der Waals surface area contributed by atoms with Gasteiger partial charge in [0.25, 0.3) is 5.56 Å². The molecule has 4 aromatic rings. The van der Waals surface area contributed by atoms with Crippen molar-refractivity contribution in [1.82, 2.24) is 9.47 Å². The number of para-hydroxylation sites is 1. The number of pyridine rings is 1. The third-order valence-electron chi connectivity index (χ3n) is 7.02. The molecule has 0 spiro atoms. The SMILES string of the molecule is Cc1ccc(N2CCN(Cc3c(C(=O)O)c4ccccc4c(=O)n3-c3ccccc3)CC2)cc1C. The van der Waals surface area contributed by atoms with Crippen LogP contribution in [0, 0.1) is 13.8 Å². The van der Waals surface area contributed by atoms with Gasteiger partial charge < -0.3 is 10.0 Å². The van der Waals surface area contributed by atoms with Gasteiger partial charge >= 0.3 is 5.97 Å². The molecule has 3 aromatic carbocycles. The molecule has 0 amide bonds. The van der Waals surface area contributed by atoms with Crippen LogP contribution in [0.5, 0.6) is 0 Å². The number of aryl methyl sites for hydroxylation is 2. The number of piperazine rings is 1. The van der Waals surface area contributed by atoms with E-state index < -0.39 is 5.97 Å². The Morgan fingerprint density at radius 2 is 1.46 bits per heavy atom. The van der Waals surface area contributed by atoms with Crippen molar-refractivity contribution in [3.8, 4) is 5.69 Å². The number of hydrogen-bond donors (Lipinski definition) is 1. The molecule has 1 N–H and O–H groups in total. The number of aromatic carboxylic acids is 1. The largest absolute Gasteiger partial charge is 0.478 e. The Hall–Kier alpha value is -3.90. The smallest absolute Gasteiger partial charge is 0.338 e. The van der Waals surface area contributed by atoms with Crippen molar-refractivity contribution in [2.45, 2.75) is 20.4 Å². The van der Waals surface area contributed by atoms with Crippen molar-refractivity contribution in [2.75, 3.05) is 31.1 Å². The van der Waals surface area contributed by atoms with Crippen LogP contribution >= 0.6 is 0 Å². The lowest BCUT2D eigenvalue weighted by Gasteiger charge is -2.37. The lowest BCUT2D eigenvalue weighted by Crippen LogP contribution is -2.46. The van der Waals surface area contributed by atoms with Gasteiger partial charge in [-0.1, -0.05) is 42.5 Å². The summed E-state index contributed by atoms with van der Waals surface area (Å²) in [5, 5.41) is 11.2. The van der Waals surface area contributed by atoms with E-state index >= 15 is 0 Å². The average Bonchev–Trinajstić information content (AvgIpc) is 2.87. The van der Waals surface area contributed by atoms with Crippen LogP contribution in [0.1, 0.15) is 27.2 Å². The molecule has 1 aromatic heterocycles. The Morgan fingerprint density at radius 3 is 2.11 bits per heavy atom. The van der Waals surface area contributed by atoms with Gasteiger partial charge in [0.05, 0.1) is 11.3 Å². The van der Waals surface area contributed by atoms with Crippen LogP contribution < -0.4 is 10.5 Å². The molecule has 0 unspecified atom stereocenters. The maximum atomic E-state index is 13.6. The zero-order valence-corrected chi connectivity index (χ0v) is 20.1. The number of anilines is 1. The van der Waals surface area contributed by atoms with Gasteiger partial charge in [0.15, 0.2) is 0 Å². The Morgan fingerprint density at radius 1 is 0.800 bits per heavy atom. The molecule has 35 heavy (non-hydrogen) atoms. The molecule has 6 heteroatoms. The molecule has 0 aliphatic carbocycles. The van der Waals surface area contributed by atoms with Crippen LogP contribution in [-0.2, 0) is 6.54 Å². The zero-order chi connectivity index (χ0) is 24.5. The third kappa shape index (κ3) is 4.33. The van der Waals surface area contributed by atoms with Crippen LogP contribution in [0.3, 0.4) is 0 Å². The summed E-state index contributed by atoms with van der Waals surface area (Å²) in [4.78, 5) is 30.7. The number of carboxylic acid groups (broad SMARTS) is 1. The highest BCUT2D eigenvalue weighted by Crippen LogP contribution is 2.25. The third-order valence-corrected chi connectivity index (χ3v) is 7.02. The summed E-state index contributed by atoms with van der Waals surface area (Å²) >= 11 is 0. The lowest BCUT2D eigenvalue weighted by atomic mass is 10.0. The van der Waals surface area contributed by atoms with Crippen molar-refractivity contribution >= 4 is 22.4 Å². The quantitative estimate of drug-likeness (QED) is 0.464. The number of hydrogen-bond acceptors (Lipinski definition) is 4. The summed E-state index contributed by atoms with van der Waals surface area (Å²) < 4.78 is 1.58. The van der Waals surface area contributed by atoms with Crippen LogP contribution in [-0.4, -0.2) is 46.7 Å². The van der Waals surface area contributed by atoms with E-state index in [9.17, 15) is 14.7 Å². The van der Waals surface area contributed by atoms with Crippen LogP contribution in [0.2, 0.25) is 0 Å². The number of benzene rings is 3. The van der Waals surface area contributed by atoms with Gasteiger partial charge in [0.1, 0.15) is 0 Å². The highest BCUT2D eigenvalue weighted by atomic mass is 16.4. The molecule has 1 aliphatic rings. The molecule has 0 atom stereocenters. The normalized spacial score (nSPS) is 14.4. The molecule has 5 rings (SSSR count). The summed E-state index contributed by atoms with van der Waals surface area (Å²) in [6.07, 6.45) is 0. The van der Waals surface area contributed by atoms with Gasteiger partial charge in [-0.25, -0.2) is 4.79 Å². The summed E-state index contributed by atoms with van der Waals surface area (Å²) in [6, 6.07) is 22.9. The van der Waals surface area contributed by atoms with E-state index in [-0.39, 0.29) is 11.1 Å². The first-order valence-electron chi connectivity index (χ1n) is 11.9. The van der Waals surface area contributed by atoms with Crippen molar-refractivity contribution < 1.29 is 9.90 Å². The van der Waals surface area contributed by atoms with Crippen molar-refractivity contribution in [3.63, 3.8) is 0 Å². The predicted molar refractivity (Wildman–Crippen MR) is 140 cm³/mol. The molecule has 1 saturated heterocycles. The summed E-state index contributed by atoms with van der Waals surface area (Å²) in [5.74, 6) is -1.02. The Bertz CT molecular complexity index is 1450. The summed E-state index contributed by atoms with van der Waals surface area (Å²) in [6.45, 7) is 7.88. The second kappa shape index (κ2) is 9.39. The van der Waals surface area contributed by atoms with Gasteiger partial charge in [-0.3, -0.25) is 14.3 Å². The topological polar surface area (TPSA) is 65.8 Å². The molecule has 6 nitrogen and oxygen atoms in total. The number of aromatic nitrogens is 1. The molecular weight excluding hydrogens is 438 g/mol. The van der Waals surface area contributed by atoms with E-state index in [1.54, 1.807) is 28.8 Å². The standard InChI is InChI=1S/C29H29N3O3/c1-20-12-13-23(18-21(20)2)31-16-14-30(15-17-31)19-26-27(29(34)35)24-10-6-7-11-25(24)28(33)32(26)22-8-4-3-5-9-22/h3-13,18H,14-17,19H2,1-2H3,(H,34,35). The number of carboxylic acids is 1. The average molecular weight is 468 g/mol. The number of nitrogens with zero attached hydrogens (tertiary/aromatic N) is 3. The predicted octanol–water partition coefficient (Wildman–Crippen LogP) is 4.63. The fourth-order valence-corrected chi connectivity index (χ4v) is 4.93. The molecule has 1 fully saturated rings. The minimum Gasteiger partial charge on any atom is -0.478 e. The van der Waals surface area contributed by atoms with Crippen LogP contribution in [0.15, 0.2) is 77.6 Å². The molecule has 2 heterocycles. The zero-order valence-electron chi connectivity index (χ0n) is 20.1. The van der Waals surface area contributed by atoms with E-state index in [0.29, 0.717) is 28.7 Å². The molecule has 0 saturated carbocycles. The van der Waals surface area contributed by atoms with Crippen molar-refractivity contribution in [1.29, 1.82) is 0 Å². The van der Waals surface area contributed by atoms with Crippen LogP contribution in [0.4, 0.5) is 5.69 Å². The molecular formula is C29H29N3O3. The Balaban J connectivity index is 1.53.